The van der Waals surface area contributed by atoms with Crippen LogP contribution in [0.5, 0.6) is 0 Å². The molecule has 0 aromatic rings. The van der Waals surface area contributed by atoms with Crippen molar-refractivity contribution >= 4 is 17.8 Å². The smallest absolute Gasteiger partial charge is 0.312 e. The fourth-order valence-electron chi connectivity index (χ4n) is 6.11. The van der Waals surface area contributed by atoms with E-state index in [-0.39, 0.29) is 31.6 Å². The zero-order valence-electron chi connectivity index (χ0n) is 19.7. The Balaban J connectivity index is 2.02. The van der Waals surface area contributed by atoms with Crippen molar-refractivity contribution < 1.29 is 29.0 Å². The van der Waals surface area contributed by atoms with E-state index in [4.69, 9.17) is 9.47 Å². The Morgan fingerprint density at radius 3 is 2.66 bits per heavy atom. The van der Waals surface area contributed by atoms with Gasteiger partial charge in [0.2, 0.25) is 11.8 Å². The van der Waals surface area contributed by atoms with Gasteiger partial charge in [0.05, 0.1) is 24.7 Å². The first-order chi connectivity index (χ1) is 15.4. The topological polar surface area (TPSA) is 96.4 Å². The van der Waals surface area contributed by atoms with E-state index in [0.717, 1.165) is 19.3 Å². The molecule has 180 valence electrons. The number of carbonyl (C=O) groups is 3. The lowest BCUT2D eigenvalue weighted by Crippen LogP contribution is -2.56. The third kappa shape index (κ3) is 3.75. The van der Waals surface area contributed by atoms with Gasteiger partial charge in [-0.1, -0.05) is 32.8 Å². The SMILES string of the molecule is C=CCN(CCCCC)C(=O)C1N(CCO)C(=O)[C@@H]2[C@H](C(=O)OCC)[C@]3(CC)CCC12O3. The minimum atomic E-state index is -1.07. The number of hydrogen-bond acceptors (Lipinski definition) is 6. The van der Waals surface area contributed by atoms with Crippen LogP contribution in [0, 0.1) is 11.8 Å². The predicted molar refractivity (Wildman–Crippen MR) is 119 cm³/mol. The van der Waals surface area contributed by atoms with E-state index in [1.165, 1.54) is 4.90 Å². The zero-order chi connectivity index (χ0) is 23.5. The van der Waals surface area contributed by atoms with Gasteiger partial charge in [0.15, 0.2) is 0 Å². The summed E-state index contributed by atoms with van der Waals surface area (Å²) < 4.78 is 12.0. The lowest BCUT2D eigenvalue weighted by molar-refractivity contribution is -0.161. The van der Waals surface area contributed by atoms with Crippen molar-refractivity contribution in [1.82, 2.24) is 9.80 Å². The fourth-order valence-corrected chi connectivity index (χ4v) is 6.11. The van der Waals surface area contributed by atoms with Gasteiger partial charge in [-0.2, -0.15) is 0 Å². The van der Waals surface area contributed by atoms with Crippen LogP contribution in [0.15, 0.2) is 12.7 Å². The number of amides is 2. The molecule has 0 aromatic heterocycles. The molecule has 0 radical (unpaired) electrons. The molecule has 5 atom stereocenters. The Morgan fingerprint density at radius 1 is 1.31 bits per heavy atom. The summed E-state index contributed by atoms with van der Waals surface area (Å²) in [5, 5.41) is 9.68. The summed E-state index contributed by atoms with van der Waals surface area (Å²) in [6.45, 7) is 10.5. The monoisotopic (exact) mass is 450 g/mol. The maximum Gasteiger partial charge on any atom is 0.312 e. The molecular formula is C24H38N2O6. The molecule has 0 aliphatic carbocycles. The first-order valence-electron chi connectivity index (χ1n) is 12.0. The summed E-state index contributed by atoms with van der Waals surface area (Å²) in [6, 6.07) is -0.860. The lowest BCUT2D eigenvalue weighted by Gasteiger charge is -2.36. The highest BCUT2D eigenvalue weighted by Gasteiger charge is 2.79. The van der Waals surface area contributed by atoms with Crippen molar-refractivity contribution in [2.75, 3.05) is 32.8 Å². The number of unbranched alkanes of at least 4 members (excludes halogenated alkanes) is 2. The number of carbonyl (C=O) groups excluding carboxylic acids is 3. The molecule has 1 spiro atoms. The molecule has 2 bridgehead atoms. The molecular weight excluding hydrogens is 412 g/mol. The van der Waals surface area contributed by atoms with Gasteiger partial charge in [-0.05, 0) is 32.6 Å². The average molecular weight is 451 g/mol. The Morgan fingerprint density at radius 2 is 2.06 bits per heavy atom. The minimum Gasteiger partial charge on any atom is -0.466 e. The minimum absolute atomic E-state index is 0.0302. The standard InChI is InChI=1S/C24H38N2O6/c1-5-9-10-14-25(13-6-2)21(29)19-24-12-11-23(7-3,32-24)18(22(30)31-8-4)17(24)20(28)26(19)15-16-27/h6,17-19,27H,2,5,7-16H2,1,3-4H3/t17-,18+,19?,23-,24?/m0/s1. The molecule has 0 aromatic carbocycles. The first-order valence-corrected chi connectivity index (χ1v) is 12.0. The van der Waals surface area contributed by atoms with Crippen molar-refractivity contribution in [2.24, 2.45) is 11.8 Å². The molecule has 0 saturated carbocycles. The molecule has 3 aliphatic heterocycles. The normalized spacial score (nSPS) is 32.8. The van der Waals surface area contributed by atoms with Crippen molar-refractivity contribution in [3.05, 3.63) is 12.7 Å². The van der Waals surface area contributed by atoms with Crippen molar-refractivity contribution in [3.63, 3.8) is 0 Å². The molecule has 8 nitrogen and oxygen atoms in total. The summed E-state index contributed by atoms with van der Waals surface area (Å²) in [4.78, 5) is 43.7. The highest BCUT2D eigenvalue weighted by atomic mass is 16.6. The molecule has 1 N–H and O–H groups in total. The van der Waals surface area contributed by atoms with Crippen LogP contribution >= 0.6 is 0 Å². The van der Waals surface area contributed by atoms with Gasteiger partial charge in [-0.15, -0.1) is 6.58 Å². The van der Waals surface area contributed by atoms with Crippen LogP contribution in [0.25, 0.3) is 0 Å². The maximum absolute atomic E-state index is 13.9. The number of ether oxygens (including phenoxy) is 2. The number of aliphatic hydroxyl groups excluding tert-OH is 1. The van der Waals surface area contributed by atoms with E-state index in [1.807, 2.05) is 6.92 Å². The second-order valence-corrected chi connectivity index (χ2v) is 9.12. The van der Waals surface area contributed by atoms with Gasteiger partial charge in [-0.25, -0.2) is 0 Å². The number of hydrogen-bond donors (Lipinski definition) is 1. The second-order valence-electron chi connectivity index (χ2n) is 9.12. The zero-order valence-corrected chi connectivity index (χ0v) is 19.7. The Kier molecular flexibility index (Phi) is 7.65. The Bertz CT molecular complexity index is 742. The summed E-state index contributed by atoms with van der Waals surface area (Å²) in [6.07, 6.45) is 6.28. The number of rotatable bonds is 12. The van der Waals surface area contributed by atoms with Crippen LogP contribution in [-0.4, -0.2) is 82.8 Å². The average Bonchev–Trinajstić information content (AvgIpc) is 3.37. The van der Waals surface area contributed by atoms with E-state index in [2.05, 4.69) is 13.5 Å². The van der Waals surface area contributed by atoms with E-state index in [1.54, 1.807) is 17.9 Å². The fraction of sp³-hybridized carbons (Fsp3) is 0.792. The van der Waals surface area contributed by atoms with Crippen LogP contribution in [-0.2, 0) is 23.9 Å². The summed E-state index contributed by atoms with van der Waals surface area (Å²) in [5.74, 6) is -2.42. The van der Waals surface area contributed by atoms with Crippen molar-refractivity contribution in [3.8, 4) is 0 Å². The van der Waals surface area contributed by atoms with Gasteiger partial charge in [0.25, 0.3) is 0 Å². The number of β-amino-alcohol motifs (C(OH)–C–C–N with tert-alkyl or cyclic N) is 1. The van der Waals surface area contributed by atoms with E-state index >= 15 is 0 Å². The highest BCUT2D eigenvalue weighted by molar-refractivity contribution is 5.98. The quantitative estimate of drug-likeness (QED) is 0.277. The van der Waals surface area contributed by atoms with Crippen LogP contribution < -0.4 is 0 Å². The third-order valence-electron chi connectivity index (χ3n) is 7.49. The molecule has 32 heavy (non-hydrogen) atoms. The van der Waals surface area contributed by atoms with Crippen LogP contribution in [0.2, 0.25) is 0 Å². The number of aliphatic hydroxyl groups is 1. The molecule has 3 fully saturated rings. The molecule has 2 unspecified atom stereocenters. The molecule has 3 saturated heterocycles. The number of esters is 1. The summed E-state index contributed by atoms with van der Waals surface area (Å²) in [7, 11) is 0. The lowest BCUT2D eigenvalue weighted by atomic mass is 9.65. The van der Waals surface area contributed by atoms with Crippen LogP contribution in [0.1, 0.15) is 59.3 Å². The largest absolute Gasteiger partial charge is 0.466 e. The molecule has 3 heterocycles. The van der Waals surface area contributed by atoms with Gasteiger partial charge < -0.3 is 24.4 Å². The molecule has 8 heteroatoms. The molecule has 3 aliphatic rings. The van der Waals surface area contributed by atoms with Gasteiger partial charge in [-0.3, -0.25) is 14.4 Å². The second kappa shape index (κ2) is 9.91. The number of likely N-dealkylation sites (tertiary alicyclic amines) is 1. The number of nitrogens with zero attached hydrogens (tertiary/aromatic N) is 2. The maximum atomic E-state index is 13.9. The van der Waals surface area contributed by atoms with Crippen molar-refractivity contribution in [2.45, 2.75) is 76.5 Å². The third-order valence-corrected chi connectivity index (χ3v) is 7.49. The van der Waals surface area contributed by atoms with Crippen LogP contribution in [0.4, 0.5) is 0 Å². The van der Waals surface area contributed by atoms with E-state index in [0.29, 0.717) is 32.4 Å². The van der Waals surface area contributed by atoms with Gasteiger partial charge in [0.1, 0.15) is 17.6 Å². The molecule has 3 rings (SSSR count). The van der Waals surface area contributed by atoms with Gasteiger partial charge in [0, 0.05) is 19.6 Å². The van der Waals surface area contributed by atoms with Crippen LogP contribution in [0.3, 0.4) is 0 Å². The highest BCUT2D eigenvalue weighted by Crippen LogP contribution is 2.64. The molecule has 2 amide bonds. The van der Waals surface area contributed by atoms with Crippen molar-refractivity contribution in [1.29, 1.82) is 0 Å². The number of fused-ring (bicyclic) bond motifs is 1. The Hall–Kier alpha value is -1.93. The summed E-state index contributed by atoms with van der Waals surface area (Å²) >= 11 is 0. The van der Waals surface area contributed by atoms with Gasteiger partial charge >= 0.3 is 5.97 Å². The first kappa shape index (κ1) is 24.7. The van der Waals surface area contributed by atoms with E-state index < -0.39 is 35.0 Å². The summed E-state index contributed by atoms with van der Waals surface area (Å²) in [5.41, 5.74) is -1.86. The van der Waals surface area contributed by atoms with E-state index in [9.17, 15) is 19.5 Å². The Labute approximate surface area is 190 Å². The predicted octanol–water partition coefficient (Wildman–Crippen LogP) is 1.90.